The van der Waals surface area contributed by atoms with Crippen molar-refractivity contribution in [3.63, 3.8) is 0 Å². The Balaban J connectivity index is 1.66. The fourth-order valence-electron chi connectivity index (χ4n) is 4.12. The molecular formula is C24H33N3O3S. The van der Waals surface area contributed by atoms with E-state index >= 15 is 0 Å². The predicted molar refractivity (Wildman–Crippen MR) is 127 cm³/mol. The molecule has 0 aliphatic carbocycles. The molecule has 1 N–H and O–H groups in total. The van der Waals surface area contributed by atoms with E-state index in [1.54, 1.807) is 12.1 Å². The van der Waals surface area contributed by atoms with Crippen LogP contribution in [0.5, 0.6) is 0 Å². The normalized spacial score (nSPS) is 17.8. The number of piperidine rings is 1. The molecule has 0 aromatic heterocycles. The average molecular weight is 444 g/mol. The quantitative estimate of drug-likeness (QED) is 0.705. The second kappa shape index (κ2) is 9.73. The lowest BCUT2D eigenvalue weighted by atomic mass is 9.99. The van der Waals surface area contributed by atoms with E-state index in [1.165, 1.54) is 18.5 Å². The van der Waals surface area contributed by atoms with Crippen molar-refractivity contribution in [3.8, 4) is 0 Å². The van der Waals surface area contributed by atoms with E-state index in [0.29, 0.717) is 11.6 Å². The van der Waals surface area contributed by atoms with Crippen LogP contribution in [0.15, 0.2) is 48.5 Å². The number of hydrogen-bond donors (Lipinski definition) is 1. The van der Waals surface area contributed by atoms with E-state index in [4.69, 9.17) is 0 Å². The van der Waals surface area contributed by atoms with Gasteiger partial charge in [-0.05, 0) is 61.9 Å². The Kier molecular flexibility index (Phi) is 7.26. The van der Waals surface area contributed by atoms with Gasteiger partial charge < -0.3 is 10.2 Å². The molecule has 0 radical (unpaired) electrons. The fraction of sp³-hybridized carbons (Fsp3) is 0.458. The Labute approximate surface area is 186 Å². The molecule has 168 valence electrons. The van der Waals surface area contributed by atoms with Crippen molar-refractivity contribution in [1.29, 1.82) is 0 Å². The number of amides is 1. The van der Waals surface area contributed by atoms with Gasteiger partial charge in [0.15, 0.2) is 0 Å². The summed E-state index contributed by atoms with van der Waals surface area (Å²) in [6, 6.07) is 15.2. The summed E-state index contributed by atoms with van der Waals surface area (Å²) < 4.78 is 25.8. The Hall–Kier alpha value is -2.54. The van der Waals surface area contributed by atoms with Gasteiger partial charge in [-0.2, -0.15) is 0 Å². The third kappa shape index (κ3) is 6.00. The minimum atomic E-state index is -3.59. The highest BCUT2D eigenvalue weighted by atomic mass is 32.2. The van der Waals surface area contributed by atoms with Gasteiger partial charge in [0.2, 0.25) is 15.9 Å². The highest BCUT2D eigenvalue weighted by Gasteiger charge is 2.23. The van der Waals surface area contributed by atoms with Gasteiger partial charge in [-0.1, -0.05) is 37.3 Å². The molecule has 1 heterocycles. The van der Waals surface area contributed by atoms with Crippen LogP contribution >= 0.6 is 0 Å². The summed E-state index contributed by atoms with van der Waals surface area (Å²) in [7, 11) is -3.59. The summed E-state index contributed by atoms with van der Waals surface area (Å²) >= 11 is 0. The number of hydrogen-bond acceptors (Lipinski definition) is 4. The maximum Gasteiger partial charge on any atom is 0.241 e. The van der Waals surface area contributed by atoms with Gasteiger partial charge in [0.05, 0.1) is 18.0 Å². The number of rotatable bonds is 7. The molecule has 1 aliphatic heterocycles. The molecule has 6 nitrogen and oxygen atoms in total. The first-order chi connectivity index (χ1) is 14.6. The van der Waals surface area contributed by atoms with Gasteiger partial charge in [0.1, 0.15) is 6.54 Å². The van der Waals surface area contributed by atoms with Crippen LogP contribution in [-0.2, 0) is 14.8 Å². The molecule has 0 unspecified atom stereocenters. The number of aryl methyl sites for hydroxylation is 1. The Morgan fingerprint density at radius 2 is 1.87 bits per heavy atom. The lowest BCUT2D eigenvalue weighted by molar-refractivity contribution is -0.120. The van der Waals surface area contributed by atoms with E-state index in [2.05, 4.69) is 29.3 Å². The SMILES string of the molecule is Cc1ccccc1N(CC(=O)N[C@@H](C)c1ccc(N2CCC[C@@H](C)C2)cc1)S(C)(=O)=O. The maximum atomic E-state index is 12.7. The fourth-order valence-corrected chi connectivity index (χ4v) is 5.04. The number of carbonyl (C=O) groups is 1. The van der Waals surface area contributed by atoms with Crippen LogP contribution in [-0.4, -0.2) is 40.2 Å². The van der Waals surface area contributed by atoms with E-state index < -0.39 is 10.0 Å². The molecule has 31 heavy (non-hydrogen) atoms. The topological polar surface area (TPSA) is 69.7 Å². The summed E-state index contributed by atoms with van der Waals surface area (Å²) in [5, 5.41) is 2.94. The number of sulfonamides is 1. The molecular weight excluding hydrogens is 410 g/mol. The van der Waals surface area contributed by atoms with Gasteiger partial charge in [-0.3, -0.25) is 9.10 Å². The highest BCUT2D eigenvalue weighted by molar-refractivity contribution is 7.92. The Bertz CT molecular complexity index is 1000. The molecule has 1 fully saturated rings. The number of anilines is 2. The number of nitrogens with one attached hydrogen (secondary N) is 1. The van der Waals surface area contributed by atoms with Crippen LogP contribution in [0.2, 0.25) is 0 Å². The molecule has 1 amide bonds. The first-order valence-corrected chi connectivity index (χ1v) is 12.7. The Morgan fingerprint density at radius 1 is 1.19 bits per heavy atom. The highest BCUT2D eigenvalue weighted by Crippen LogP contribution is 2.25. The van der Waals surface area contributed by atoms with Crippen LogP contribution in [0.4, 0.5) is 11.4 Å². The zero-order valence-electron chi connectivity index (χ0n) is 18.8. The van der Waals surface area contributed by atoms with Crippen molar-refractivity contribution >= 4 is 27.3 Å². The molecule has 0 bridgehead atoms. The van der Waals surface area contributed by atoms with E-state index in [0.717, 1.165) is 34.8 Å². The number of para-hydroxylation sites is 1. The zero-order chi connectivity index (χ0) is 22.6. The van der Waals surface area contributed by atoms with Gasteiger partial charge in [0, 0.05) is 18.8 Å². The summed E-state index contributed by atoms with van der Waals surface area (Å²) in [6.45, 7) is 7.93. The van der Waals surface area contributed by atoms with Crippen LogP contribution in [0.25, 0.3) is 0 Å². The number of carbonyl (C=O) groups excluding carboxylic acids is 1. The predicted octanol–water partition coefficient (Wildman–Crippen LogP) is 3.87. The molecule has 1 saturated heterocycles. The van der Waals surface area contributed by atoms with E-state index in [9.17, 15) is 13.2 Å². The van der Waals surface area contributed by atoms with E-state index in [-0.39, 0.29) is 18.5 Å². The third-order valence-electron chi connectivity index (χ3n) is 5.86. The van der Waals surface area contributed by atoms with Crippen molar-refractivity contribution in [1.82, 2.24) is 5.32 Å². The molecule has 7 heteroatoms. The van der Waals surface area contributed by atoms with Crippen molar-refractivity contribution in [3.05, 3.63) is 59.7 Å². The van der Waals surface area contributed by atoms with Crippen molar-refractivity contribution in [2.75, 3.05) is 35.1 Å². The second-order valence-electron chi connectivity index (χ2n) is 8.63. The van der Waals surface area contributed by atoms with Gasteiger partial charge in [0.25, 0.3) is 0 Å². The lowest BCUT2D eigenvalue weighted by Crippen LogP contribution is -2.41. The van der Waals surface area contributed by atoms with Gasteiger partial charge >= 0.3 is 0 Å². The molecule has 1 aliphatic rings. The molecule has 3 rings (SSSR count). The minimum Gasteiger partial charge on any atom is -0.371 e. The first kappa shape index (κ1) is 23.1. The van der Waals surface area contributed by atoms with Crippen molar-refractivity contribution in [2.45, 2.75) is 39.7 Å². The average Bonchev–Trinajstić information content (AvgIpc) is 2.72. The van der Waals surface area contributed by atoms with Crippen LogP contribution in [0, 0.1) is 12.8 Å². The van der Waals surface area contributed by atoms with Crippen LogP contribution in [0.1, 0.15) is 43.9 Å². The monoisotopic (exact) mass is 443 g/mol. The molecule has 2 aromatic carbocycles. The maximum absolute atomic E-state index is 12.7. The van der Waals surface area contributed by atoms with Crippen LogP contribution < -0.4 is 14.5 Å². The third-order valence-corrected chi connectivity index (χ3v) is 6.99. The van der Waals surface area contributed by atoms with Gasteiger partial charge in [-0.15, -0.1) is 0 Å². The lowest BCUT2D eigenvalue weighted by Gasteiger charge is -2.33. The number of nitrogens with zero attached hydrogens (tertiary/aromatic N) is 2. The smallest absolute Gasteiger partial charge is 0.241 e. The van der Waals surface area contributed by atoms with Crippen molar-refractivity contribution in [2.24, 2.45) is 5.92 Å². The molecule has 0 saturated carbocycles. The standard InChI is InChI=1S/C24H33N3O3S/c1-18-8-7-15-26(16-18)22-13-11-21(12-14-22)20(3)25-24(28)17-27(31(4,29)30)23-10-6-5-9-19(23)2/h5-6,9-14,18,20H,7-8,15-17H2,1-4H3,(H,25,28)/t18-,20+/m1/s1. The minimum absolute atomic E-state index is 0.222. The van der Waals surface area contributed by atoms with E-state index in [1.807, 2.05) is 38.1 Å². The summed E-state index contributed by atoms with van der Waals surface area (Å²) in [6.07, 6.45) is 3.62. The molecule has 0 spiro atoms. The summed E-state index contributed by atoms with van der Waals surface area (Å²) in [5.74, 6) is 0.368. The summed E-state index contributed by atoms with van der Waals surface area (Å²) in [5.41, 5.74) is 3.52. The van der Waals surface area contributed by atoms with Crippen molar-refractivity contribution < 1.29 is 13.2 Å². The number of benzene rings is 2. The van der Waals surface area contributed by atoms with Gasteiger partial charge in [-0.25, -0.2) is 8.42 Å². The molecule has 2 aromatic rings. The largest absolute Gasteiger partial charge is 0.371 e. The zero-order valence-corrected chi connectivity index (χ0v) is 19.7. The first-order valence-electron chi connectivity index (χ1n) is 10.8. The van der Waals surface area contributed by atoms with Crippen LogP contribution in [0.3, 0.4) is 0 Å². The molecule has 2 atom stereocenters. The summed E-state index contributed by atoms with van der Waals surface area (Å²) in [4.78, 5) is 15.1. The Morgan fingerprint density at radius 3 is 2.48 bits per heavy atom. The second-order valence-corrected chi connectivity index (χ2v) is 10.5.